The molecule has 1 amide bonds. The molecule has 1 aliphatic rings. The van der Waals surface area contributed by atoms with Crippen LogP contribution in [0, 0.1) is 6.92 Å². The zero-order valence-corrected chi connectivity index (χ0v) is 13.0. The van der Waals surface area contributed by atoms with Crippen LogP contribution in [0.2, 0.25) is 0 Å². The number of amides is 1. The van der Waals surface area contributed by atoms with Gasteiger partial charge in [-0.3, -0.25) is 9.78 Å². The van der Waals surface area contributed by atoms with E-state index in [4.69, 9.17) is 0 Å². The Hall–Kier alpha value is -2.17. The summed E-state index contributed by atoms with van der Waals surface area (Å²) in [5.41, 5.74) is 0.655. The fourth-order valence-corrected chi connectivity index (χ4v) is 3.37. The molecule has 1 saturated carbocycles. The largest absolute Gasteiger partial charge is 0.354 e. The lowest BCUT2D eigenvalue weighted by atomic mass is 9.79. The fraction of sp³-hybridized carbons (Fsp3) is 0.471. The van der Waals surface area contributed by atoms with Crippen LogP contribution in [0.5, 0.6) is 0 Å². The van der Waals surface area contributed by atoms with Crippen LogP contribution in [-0.4, -0.2) is 27.0 Å². The molecule has 2 aromatic rings. The average Bonchev–Trinajstić information content (AvgIpc) is 3.19. The van der Waals surface area contributed by atoms with Crippen LogP contribution in [0.4, 0.5) is 0 Å². The number of hydrogen-bond donors (Lipinski definition) is 1. The Balaban J connectivity index is 1.67. The number of aromatic nitrogens is 3. The number of carbonyl (C=O) groups is 1. The van der Waals surface area contributed by atoms with Gasteiger partial charge in [-0.25, -0.2) is 4.98 Å². The Morgan fingerprint density at radius 1 is 1.36 bits per heavy atom. The summed E-state index contributed by atoms with van der Waals surface area (Å²) in [7, 11) is 0. The van der Waals surface area contributed by atoms with Crippen LogP contribution in [0.3, 0.4) is 0 Å². The van der Waals surface area contributed by atoms with Gasteiger partial charge in [0.05, 0.1) is 5.41 Å². The number of pyridine rings is 1. The summed E-state index contributed by atoms with van der Waals surface area (Å²) >= 11 is 0. The van der Waals surface area contributed by atoms with Gasteiger partial charge in [-0.1, -0.05) is 18.9 Å². The molecule has 3 rings (SSSR count). The smallest absolute Gasteiger partial charge is 0.230 e. The van der Waals surface area contributed by atoms with Crippen molar-refractivity contribution >= 4 is 5.91 Å². The van der Waals surface area contributed by atoms with Gasteiger partial charge in [0.25, 0.3) is 0 Å². The molecule has 1 N–H and O–H groups in total. The minimum Gasteiger partial charge on any atom is -0.354 e. The second-order valence-electron chi connectivity index (χ2n) is 5.95. The van der Waals surface area contributed by atoms with Crippen LogP contribution in [-0.2, 0) is 16.8 Å². The molecule has 116 valence electrons. The van der Waals surface area contributed by atoms with Gasteiger partial charge in [0.1, 0.15) is 5.82 Å². The normalized spacial score (nSPS) is 16.6. The van der Waals surface area contributed by atoms with Crippen molar-refractivity contribution in [2.24, 2.45) is 0 Å². The molecular formula is C17H22N4O. The predicted molar refractivity (Wildman–Crippen MR) is 84.4 cm³/mol. The zero-order valence-electron chi connectivity index (χ0n) is 13.0. The van der Waals surface area contributed by atoms with Crippen molar-refractivity contribution in [1.82, 2.24) is 19.9 Å². The van der Waals surface area contributed by atoms with Gasteiger partial charge < -0.3 is 9.88 Å². The van der Waals surface area contributed by atoms with E-state index in [1.807, 2.05) is 36.0 Å². The SMILES string of the molecule is Cc1nccn1CCNC(=O)C1(c2cccnc2)CCCC1. The van der Waals surface area contributed by atoms with E-state index in [2.05, 4.69) is 15.3 Å². The molecule has 0 unspecified atom stereocenters. The molecule has 1 fully saturated rings. The molecule has 5 heteroatoms. The number of rotatable bonds is 5. The lowest BCUT2D eigenvalue weighted by Gasteiger charge is -2.28. The van der Waals surface area contributed by atoms with Crippen molar-refractivity contribution in [3.63, 3.8) is 0 Å². The van der Waals surface area contributed by atoms with E-state index < -0.39 is 5.41 Å². The molecule has 0 aliphatic heterocycles. The Bertz CT molecular complexity index is 629. The highest BCUT2D eigenvalue weighted by Gasteiger charge is 2.42. The highest BCUT2D eigenvalue weighted by molar-refractivity contribution is 5.88. The molecule has 0 bridgehead atoms. The topological polar surface area (TPSA) is 59.8 Å². The number of nitrogens with one attached hydrogen (secondary N) is 1. The Kier molecular flexibility index (Phi) is 4.22. The molecular weight excluding hydrogens is 276 g/mol. The van der Waals surface area contributed by atoms with Crippen molar-refractivity contribution < 1.29 is 4.79 Å². The van der Waals surface area contributed by atoms with Crippen LogP contribution in [0.25, 0.3) is 0 Å². The van der Waals surface area contributed by atoms with Gasteiger partial charge in [-0.05, 0) is 31.4 Å². The Labute approximate surface area is 130 Å². The van der Waals surface area contributed by atoms with Gasteiger partial charge >= 0.3 is 0 Å². The molecule has 22 heavy (non-hydrogen) atoms. The first-order chi connectivity index (χ1) is 10.7. The highest BCUT2D eigenvalue weighted by atomic mass is 16.2. The predicted octanol–water partition coefficient (Wildman–Crippen LogP) is 2.21. The third-order valence-electron chi connectivity index (χ3n) is 4.67. The molecule has 2 aromatic heterocycles. The second kappa shape index (κ2) is 6.30. The molecule has 1 aliphatic carbocycles. The summed E-state index contributed by atoms with van der Waals surface area (Å²) in [6.45, 7) is 3.34. The van der Waals surface area contributed by atoms with E-state index in [-0.39, 0.29) is 5.91 Å². The molecule has 2 heterocycles. The van der Waals surface area contributed by atoms with Crippen molar-refractivity contribution in [3.8, 4) is 0 Å². The molecule has 0 aromatic carbocycles. The number of nitrogens with zero attached hydrogens (tertiary/aromatic N) is 3. The van der Waals surface area contributed by atoms with E-state index in [9.17, 15) is 4.79 Å². The van der Waals surface area contributed by atoms with Crippen LogP contribution >= 0.6 is 0 Å². The monoisotopic (exact) mass is 298 g/mol. The maximum absolute atomic E-state index is 12.8. The van der Waals surface area contributed by atoms with Crippen LogP contribution in [0.15, 0.2) is 36.9 Å². The second-order valence-corrected chi connectivity index (χ2v) is 5.95. The van der Waals surface area contributed by atoms with Crippen LogP contribution in [0.1, 0.15) is 37.1 Å². The molecule has 0 atom stereocenters. The van der Waals surface area contributed by atoms with Gasteiger partial charge in [0, 0.05) is 37.9 Å². The van der Waals surface area contributed by atoms with E-state index in [1.54, 1.807) is 12.4 Å². The minimum absolute atomic E-state index is 0.135. The summed E-state index contributed by atoms with van der Waals surface area (Å²) in [4.78, 5) is 21.2. The number of carbonyl (C=O) groups excluding carboxylic acids is 1. The van der Waals surface area contributed by atoms with Crippen LogP contribution < -0.4 is 5.32 Å². The summed E-state index contributed by atoms with van der Waals surface area (Å²) in [5.74, 6) is 1.10. The van der Waals surface area contributed by atoms with E-state index in [1.165, 1.54) is 0 Å². The lowest BCUT2D eigenvalue weighted by Crippen LogP contribution is -2.43. The highest BCUT2D eigenvalue weighted by Crippen LogP contribution is 2.40. The quantitative estimate of drug-likeness (QED) is 0.920. The summed E-state index contributed by atoms with van der Waals surface area (Å²) in [6.07, 6.45) is 11.3. The molecule has 0 radical (unpaired) electrons. The summed E-state index contributed by atoms with van der Waals surface area (Å²) in [5, 5.41) is 3.11. The van der Waals surface area contributed by atoms with Crippen molar-refractivity contribution in [2.45, 2.75) is 44.6 Å². The first-order valence-electron chi connectivity index (χ1n) is 7.89. The standard InChI is InChI=1S/C17H22N4O/c1-14-19-9-11-21(14)12-10-20-16(22)17(6-2-3-7-17)15-5-4-8-18-13-15/h4-5,8-9,11,13H,2-3,6-7,10,12H2,1H3,(H,20,22). The number of aryl methyl sites for hydroxylation is 1. The van der Waals surface area contributed by atoms with Gasteiger partial charge in [-0.2, -0.15) is 0 Å². The minimum atomic E-state index is -0.391. The third-order valence-corrected chi connectivity index (χ3v) is 4.67. The molecule has 5 nitrogen and oxygen atoms in total. The number of imidazole rings is 1. The third kappa shape index (κ3) is 2.75. The van der Waals surface area contributed by atoms with Crippen molar-refractivity contribution in [1.29, 1.82) is 0 Å². The first-order valence-corrected chi connectivity index (χ1v) is 7.89. The zero-order chi connectivity index (χ0) is 15.4. The van der Waals surface area contributed by atoms with Gasteiger partial charge in [0.2, 0.25) is 5.91 Å². The lowest BCUT2D eigenvalue weighted by molar-refractivity contribution is -0.126. The van der Waals surface area contributed by atoms with Gasteiger partial charge in [-0.15, -0.1) is 0 Å². The molecule has 0 saturated heterocycles. The maximum atomic E-state index is 12.8. The van der Waals surface area contributed by atoms with E-state index in [0.29, 0.717) is 6.54 Å². The van der Waals surface area contributed by atoms with Gasteiger partial charge in [0.15, 0.2) is 0 Å². The van der Waals surface area contributed by atoms with Crippen molar-refractivity contribution in [2.75, 3.05) is 6.54 Å². The number of hydrogen-bond acceptors (Lipinski definition) is 3. The summed E-state index contributed by atoms with van der Waals surface area (Å²) < 4.78 is 2.05. The molecule has 0 spiro atoms. The Morgan fingerprint density at radius 3 is 2.82 bits per heavy atom. The fourth-order valence-electron chi connectivity index (χ4n) is 3.37. The Morgan fingerprint density at radius 2 is 2.18 bits per heavy atom. The van der Waals surface area contributed by atoms with E-state index in [0.717, 1.165) is 43.6 Å². The van der Waals surface area contributed by atoms with Crippen molar-refractivity contribution in [3.05, 3.63) is 48.3 Å². The summed E-state index contributed by atoms with van der Waals surface area (Å²) in [6, 6.07) is 3.94. The van der Waals surface area contributed by atoms with E-state index >= 15 is 0 Å². The average molecular weight is 298 g/mol. The maximum Gasteiger partial charge on any atom is 0.230 e. The first kappa shape index (κ1) is 14.8.